The minimum absolute atomic E-state index is 0.0175. The monoisotopic (exact) mass is 259 g/mol. The Labute approximate surface area is 113 Å². The number of hydrogen-bond acceptors (Lipinski definition) is 2. The summed E-state index contributed by atoms with van der Waals surface area (Å²) in [5.74, 6) is 0.554. The molecule has 0 aliphatic heterocycles. The third-order valence-corrected chi connectivity index (χ3v) is 3.08. The second kappa shape index (κ2) is 5.85. The van der Waals surface area contributed by atoms with Crippen LogP contribution in [0.25, 0.3) is 0 Å². The van der Waals surface area contributed by atoms with Gasteiger partial charge in [0.2, 0.25) is 0 Å². The summed E-state index contributed by atoms with van der Waals surface area (Å²) in [5, 5.41) is 0. The molecule has 0 saturated carbocycles. The van der Waals surface area contributed by atoms with Gasteiger partial charge in [-0.25, -0.2) is 4.39 Å². The molecule has 0 saturated heterocycles. The lowest BCUT2D eigenvalue weighted by Gasteiger charge is -2.11. The van der Waals surface area contributed by atoms with Crippen LogP contribution < -0.4 is 10.5 Å². The van der Waals surface area contributed by atoms with E-state index in [-0.39, 0.29) is 11.9 Å². The fraction of sp³-hybridized carbons (Fsp3) is 0.250. The molecule has 2 aromatic carbocycles. The molecule has 2 rings (SSSR count). The zero-order valence-electron chi connectivity index (χ0n) is 11.2. The SMILES string of the molecule is Cc1cc(F)ccc1COc1cccc(C(C)N)c1. The van der Waals surface area contributed by atoms with Crippen LogP contribution in [0.2, 0.25) is 0 Å². The van der Waals surface area contributed by atoms with Crippen LogP contribution >= 0.6 is 0 Å². The summed E-state index contributed by atoms with van der Waals surface area (Å²) in [7, 11) is 0. The molecule has 0 amide bonds. The molecule has 2 N–H and O–H groups in total. The van der Waals surface area contributed by atoms with Gasteiger partial charge in [0.1, 0.15) is 18.2 Å². The van der Waals surface area contributed by atoms with Crippen molar-refractivity contribution in [3.8, 4) is 5.75 Å². The van der Waals surface area contributed by atoms with Crippen molar-refractivity contribution in [1.29, 1.82) is 0 Å². The van der Waals surface area contributed by atoms with Crippen LogP contribution in [0.5, 0.6) is 5.75 Å². The number of benzene rings is 2. The third-order valence-electron chi connectivity index (χ3n) is 3.08. The Morgan fingerprint density at radius 1 is 1.21 bits per heavy atom. The number of rotatable bonds is 4. The normalized spacial score (nSPS) is 12.2. The van der Waals surface area contributed by atoms with Crippen molar-refractivity contribution in [2.75, 3.05) is 0 Å². The minimum atomic E-state index is -0.222. The lowest BCUT2D eigenvalue weighted by atomic mass is 10.1. The van der Waals surface area contributed by atoms with E-state index in [0.717, 1.165) is 22.4 Å². The second-order valence-electron chi connectivity index (χ2n) is 4.72. The first-order valence-electron chi connectivity index (χ1n) is 6.29. The molecule has 0 spiro atoms. The maximum Gasteiger partial charge on any atom is 0.123 e. The summed E-state index contributed by atoms with van der Waals surface area (Å²) < 4.78 is 18.7. The molecule has 0 aliphatic carbocycles. The molecule has 0 radical (unpaired) electrons. The highest BCUT2D eigenvalue weighted by Gasteiger charge is 2.04. The molecule has 0 bridgehead atoms. The predicted octanol–water partition coefficient (Wildman–Crippen LogP) is 3.73. The van der Waals surface area contributed by atoms with Gasteiger partial charge in [-0.2, -0.15) is 0 Å². The van der Waals surface area contributed by atoms with Gasteiger partial charge < -0.3 is 10.5 Å². The van der Waals surface area contributed by atoms with Gasteiger partial charge in [0.05, 0.1) is 0 Å². The lowest BCUT2D eigenvalue weighted by Crippen LogP contribution is -2.05. The smallest absolute Gasteiger partial charge is 0.123 e. The average Bonchev–Trinajstić information content (AvgIpc) is 2.38. The molecule has 1 atom stereocenters. The number of aryl methyl sites for hydroxylation is 1. The van der Waals surface area contributed by atoms with Gasteiger partial charge >= 0.3 is 0 Å². The van der Waals surface area contributed by atoms with E-state index in [1.807, 2.05) is 38.1 Å². The van der Waals surface area contributed by atoms with E-state index in [2.05, 4.69) is 0 Å². The van der Waals surface area contributed by atoms with Crippen molar-refractivity contribution in [3.63, 3.8) is 0 Å². The van der Waals surface area contributed by atoms with Gasteiger partial charge in [0.15, 0.2) is 0 Å². The molecule has 0 heterocycles. The van der Waals surface area contributed by atoms with E-state index >= 15 is 0 Å². The predicted molar refractivity (Wildman–Crippen MR) is 74.5 cm³/mol. The van der Waals surface area contributed by atoms with Gasteiger partial charge in [-0.05, 0) is 54.8 Å². The van der Waals surface area contributed by atoms with Crippen molar-refractivity contribution in [2.24, 2.45) is 5.73 Å². The Balaban J connectivity index is 2.08. The molecule has 1 unspecified atom stereocenters. The van der Waals surface area contributed by atoms with Crippen LogP contribution in [0.1, 0.15) is 29.7 Å². The Morgan fingerprint density at radius 3 is 2.68 bits per heavy atom. The number of hydrogen-bond donors (Lipinski definition) is 1. The van der Waals surface area contributed by atoms with Gasteiger partial charge in [-0.1, -0.05) is 18.2 Å². The molecule has 2 nitrogen and oxygen atoms in total. The molecule has 100 valence electrons. The molecule has 0 aliphatic rings. The second-order valence-corrected chi connectivity index (χ2v) is 4.72. The molecular weight excluding hydrogens is 241 g/mol. The summed E-state index contributed by atoms with van der Waals surface area (Å²) in [6.45, 7) is 4.23. The summed E-state index contributed by atoms with van der Waals surface area (Å²) in [5.41, 5.74) is 8.74. The van der Waals surface area contributed by atoms with Crippen molar-refractivity contribution < 1.29 is 9.13 Å². The van der Waals surface area contributed by atoms with Gasteiger partial charge in [-0.3, -0.25) is 0 Å². The highest BCUT2D eigenvalue weighted by molar-refractivity contribution is 5.31. The van der Waals surface area contributed by atoms with Gasteiger partial charge in [0, 0.05) is 6.04 Å². The van der Waals surface area contributed by atoms with E-state index in [4.69, 9.17) is 10.5 Å². The summed E-state index contributed by atoms with van der Waals surface area (Å²) in [6.07, 6.45) is 0. The van der Waals surface area contributed by atoms with E-state index in [1.54, 1.807) is 6.07 Å². The standard InChI is InChI=1S/C16H18FNO/c1-11-8-15(17)7-6-14(11)10-19-16-5-3-4-13(9-16)12(2)18/h3-9,12H,10,18H2,1-2H3. The van der Waals surface area contributed by atoms with Crippen molar-refractivity contribution in [1.82, 2.24) is 0 Å². The highest BCUT2D eigenvalue weighted by atomic mass is 19.1. The van der Waals surface area contributed by atoms with E-state index < -0.39 is 0 Å². The molecule has 0 fully saturated rings. The minimum Gasteiger partial charge on any atom is -0.489 e. The Morgan fingerprint density at radius 2 is 2.00 bits per heavy atom. The third kappa shape index (κ3) is 3.55. The molecule has 2 aromatic rings. The Bertz CT molecular complexity index is 566. The number of halogens is 1. The largest absolute Gasteiger partial charge is 0.489 e. The average molecular weight is 259 g/mol. The number of nitrogens with two attached hydrogens (primary N) is 1. The lowest BCUT2D eigenvalue weighted by molar-refractivity contribution is 0.305. The molecule has 0 aromatic heterocycles. The van der Waals surface area contributed by atoms with Crippen LogP contribution in [0.15, 0.2) is 42.5 Å². The topological polar surface area (TPSA) is 35.2 Å². The first kappa shape index (κ1) is 13.6. The van der Waals surface area contributed by atoms with Crippen LogP contribution in [0.4, 0.5) is 4.39 Å². The van der Waals surface area contributed by atoms with E-state index in [9.17, 15) is 4.39 Å². The van der Waals surface area contributed by atoms with Crippen LogP contribution in [-0.4, -0.2) is 0 Å². The number of ether oxygens (including phenoxy) is 1. The summed E-state index contributed by atoms with van der Waals surface area (Å²) in [6, 6.07) is 12.4. The Kier molecular flexibility index (Phi) is 4.17. The summed E-state index contributed by atoms with van der Waals surface area (Å²) in [4.78, 5) is 0. The van der Waals surface area contributed by atoms with Crippen molar-refractivity contribution in [3.05, 3.63) is 65.0 Å². The first-order chi connectivity index (χ1) is 9.06. The van der Waals surface area contributed by atoms with Crippen LogP contribution in [0.3, 0.4) is 0 Å². The zero-order chi connectivity index (χ0) is 13.8. The van der Waals surface area contributed by atoms with Gasteiger partial charge in [0.25, 0.3) is 0 Å². The molecule has 19 heavy (non-hydrogen) atoms. The van der Waals surface area contributed by atoms with E-state index in [0.29, 0.717) is 6.61 Å². The molecule has 3 heteroatoms. The molecular formula is C16H18FNO. The highest BCUT2D eigenvalue weighted by Crippen LogP contribution is 2.19. The van der Waals surface area contributed by atoms with Crippen LogP contribution in [0, 0.1) is 12.7 Å². The fourth-order valence-electron chi connectivity index (χ4n) is 1.87. The maximum atomic E-state index is 13.0. The van der Waals surface area contributed by atoms with Gasteiger partial charge in [-0.15, -0.1) is 0 Å². The maximum absolute atomic E-state index is 13.0. The summed E-state index contributed by atoms with van der Waals surface area (Å²) >= 11 is 0. The van der Waals surface area contributed by atoms with Crippen molar-refractivity contribution in [2.45, 2.75) is 26.5 Å². The first-order valence-corrected chi connectivity index (χ1v) is 6.29. The zero-order valence-corrected chi connectivity index (χ0v) is 11.2. The van der Waals surface area contributed by atoms with Crippen molar-refractivity contribution >= 4 is 0 Å². The van der Waals surface area contributed by atoms with E-state index in [1.165, 1.54) is 12.1 Å². The fourth-order valence-corrected chi connectivity index (χ4v) is 1.87. The quantitative estimate of drug-likeness (QED) is 0.908. The Hall–Kier alpha value is -1.87. The van der Waals surface area contributed by atoms with Crippen LogP contribution in [-0.2, 0) is 6.61 Å².